The van der Waals surface area contributed by atoms with Crippen molar-refractivity contribution in [1.29, 1.82) is 0 Å². The number of nitrogens with one attached hydrogen (secondary N) is 2. The number of aryl methyl sites for hydroxylation is 3. The Hall–Kier alpha value is -3.71. The maximum Gasteiger partial charge on any atom is 0.270 e. The minimum absolute atomic E-state index is 0.190. The summed E-state index contributed by atoms with van der Waals surface area (Å²) in [4.78, 5) is 29.9. The second kappa shape index (κ2) is 9.20. The van der Waals surface area contributed by atoms with Gasteiger partial charge >= 0.3 is 0 Å². The molecule has 2 aromatic carbocycles. The number of carbonyl (C=O) groups is 2. The molecule has 4 rings (SSSR count). The average molecular weight is 448 g/mol. The Balaban J connectivity index is 1.50. The number of para-hydroxylation sites is 1. The number of fused-ring (bicyclic) bond motifs is 1. The van der Waals surface area contributed by atoms with Gasteiger partial charge in [-0.3, -0.25) is 25.1 Å². The van der Waals surface area contributed by atoms with Crippen LogP contribution in [0.3, 0.4) is 0 Å². The van der Waals surface area contributed by atoms with E-state index in [2.05, 4.69) is 20.9 Å². The minimum Gasteiger partial charge on any atom is -0.273 e. The van der Waals surface area contributed by atoms with Crippen molar-refractivity contribution in [3.05, 3.63) is 82.6 Å². The van der Waals surface area contributed by atoms with Crippen molar-refractivity contribution in [1.82, 2.24) is 25.6 Å². The van der Waals surface area contributed by atoms with Gasteiger partial charge < -0.3 is 0 Å². The summed E-state index contributed by atoms with van der Waals surface area (Å²) < 4.78 is 1.77. The average Bonchev–Trinajstić information content (AvgIpc) is 3.12. The Morgan fingerprint density at radius 1 is 1.00 bits per heavy atom. The van der Waals surface area contributed by atoms with Gasteiger partial charge in [-0.15, -0.1) is 0 Å². The molecule has 0 atom stereocenters. The summed E-state index contributed by atoms with van der Waals surface area (Å²) in [5, 5.41) is 5.65. The monoisotopic (exact) mass is 447 g/mol. The molecule has 0 saturated heterocycles. The topological polar surface area (TPSA) is 88.9 Å². The summed E-state index contributed by atoms with van der Waals surface area (Å²) in [5.41, 5.74) is 9.47. The molecule has 0 fully saturated rings. The lowest BCUT2D eigenvalue weighted by Crippen LogP contribution is -2.42. The third-order valence-electron chi connectivity index (χ3n) is 5.07. The Morgan fingerprint density at radius 2 is 1.75 bits per heavy atom. The summed E-state index contributed by atoms with van der Waals surface area (Å²) >= 11 is 5.99. The Labute approximate surface area is 190 Å². The predicted molar refractivity (Wildman–Crippen MR) is 124 cm³/mol. The van der Waals surface area contributed by atoms with E-state index in [4.69, 9.17) is 11.6 Å². The molecule has 0 saturated carbocycles. The van der Waals surface area contributed by atoms with Gasteiger partial charge in [-0.2, -0.15) is 5.10 Å². The molecule has 0 radical (unpaired) electrons. The molecule has 2 N–H and O–H groups in total. The van der Waals surface area contributed by atoms with Gasteiger partial charge in [0, 0.05) is 28.1 Å². The number of benzene rings is 2. The highest BCUT2D eigenvalue weighted by atomic mass is 35.5. The van der Waals surface area contributed by atoms with E-state index in [1.807, 2.05) is 56.3 Å². The van der Waals surface area contributed by atoms with Crippen molar-refractivity contribution < 1.29 is 9.59 Å². The Bertz CT molecular complexity index is 1300. The van der Waals surface area contributed by atoms with Crippen molar-refractivity contribution in [2.24, 2.45) is 0 Å². The lowest BCUT2D eigenvalue weighted by atomic mass is 10.0. The normalized spacial score (nSPS) is 10.8. The first-order valence-electron chi connectivity index (χ1n) is 10.2. The van der Waals surface area contributed by atoms with Gasteiger partial charge in [0.15, 0.2) is 0 Å². The van der Waals surface area contributed by atoms with Crippen LogP contribution in [0.4, 0.5) is 0 Å². The van der Waals surface area contributed by atoms with Crippen LogP contribution in [0.15, 0.2) is 60.7 Å². The number of hydrogen-bond donors (Lipinski definition) is 2. The van der Waals surface area contributed by atoms with E-state index in [9.17, 15) is 9.59 Å². The van der Waals surface area contributed by atoms with Gasteiger partial charge in [-0.1, -0.05) is 41.9 Å². The molecule has 162 valence electrons. The fourth-order valence-electron chi connectivity index (χ4n) is 3.50. The number of rotatable bonds is 5. The van der Waals surface area contributed by atoms with Gasteiger partial charge in [0.25, 0.3) is 5.91 Å². The van der Waals surface area contributed by atoms with E-state index in [0.29, 0.717) is 33.7 Å². The van der Waals surface area contributed by atoms with Crippen LogP contribution in [0.5, 0.6) is 0 Å². The largest absolute Gasteiger partial charge is 0.273 e. The van der Waals surface area contributed by atoms with Crippen LogP contribution < -0.4 is 10.9 Å². The lowest BCUT2D eigenvalue weighted by Gasteiger charge is -2.12. The van der Waals surface area contributed by atoms with Crippen molar-refractivity contribution in [3.8, 4) is 11.3 Å². The molecule has 2 aromatic heterocycles. The SMILES string of the molecule is Cc1cc(C)n(CCC(=O)NNC(=O)c2cc(-c3ccc(Cl)cc3)nc3ccccc23)n1. The third kappa shape index (κ3) is 4.78. The molecular weight excluding hydrogens is 426 g/mol. The molecule has 0 aliphatic heterocycles. The quantitative estimate of drug-likeness (QED) is 0.448. The Morgan fingerprint density at radius 3 is 2.47 bits per heavy atom. The highest BCUT2D eigenvalue weighted by Gasteiger charge is 2.15. The zero-order chi connectivity index (χ0) is 22.7. The van der Waals surface area contributed by atoms with Gasteiger partial charge in [0.2, 0.25) is 5.91 Å². The molecule has 4 aromatic rings. The maximum absolute atomic E-state index is 12.9. The van der Waals surface area contributed by atoms with Crippen LogP contribution in [0.1, 0.15) is 28.2 Å². The Kier molecular flexibility index (Phi) is 6.18. The minimum atomic E-state index is -0.418. The number of hydrazine groups is 1. The highest BCUT2D eigenvalue weighted by Crippen LogP contribution is 2.25. The van der Waals surface area contributed by atoms with Crippen LogP contribution in [-0.2, 0) is 11.3 Å². The van der Waals surface area contributed by atoms with E-state index in [1.54, 1.807) is 22.9 Å². The fourth-order valence-corrected chi connectivity index (χ4v) is 3.62. The number of aromatic nitrogens is 3. The van der Waals surface area contributed by atoms with E-state index in [-0.39, 0.29) is 12.3 Å². The molecule has 0 aliphatic carbocycles. The maximum atomic E-state index is 12.9. The predicted octanol–water partition coefficient (Wildman–Crippen LogP) is 4.22. The first-order chi connectivity index (χ1) is 15.4. The van der Waals surface area contributed by atoms with Gasteiger partial charge in [0.1, 0.15) is 0 Å². The van der Waals surface area contributed by atoms with Crippen molar-refractivity contribution in [3.63, 3.8) is 0 Å². The number of carbonyl (C=O) groups excluding carboxylic acids is 2. The van der Waals surface area contributed by atoms with Gasteiger partial charge in [0.05, 0.1) is 29.0 Å². The summed E-state index contributed by atoms with van der Waals surface area (Å²) in [5.74, 6) is -0.722. The first kappa shape index (κ1) is 21.5. The molecular formula is C24H22ClN5O2. The fraction of sp³-hybridized carbons (Fsp3) is 0.167. The zero-order valence-corrected chi connectivity index (χ0v) is 18.5. The molecule has 2 heterocycles. The van der Waals surface area contributed by atoms with E-state index >= 15 is 0 Å². The van der Waals surface area contributed by atoms with Gasteiger partial charge in [-0.25, -0.2) is 4.98 Å². The number of pyridine rings is 1. The summed E-state index contributed by atoms with van der Waals surface area (Å²) in [6.07, 6.45) is 0.190. The van der Waals surface area contributed by atoms with Crippen molar-refractivity contribution >= 4 is 34.3 Å². The van der Waals surface area contributed by atoms with Crippen molar-refractivity contribution in [2.45, 2.75) is 26.8 Å². The second-order valence-electron chi connectivity index (χ2n) is 7.48. The highest BCUT2D eigenvalue weighted by molar-refractivity contribution is 6.30. The van der Waals surface area contributed by atoms with Crippen LogP contribution in [0.25, 0.3) is 22.2 Å². The van der Waals surface area contributed by atoms with Crippen LogP contribution >= 0.6 is 11.6 Å². The smallest absolute Gasteiger partial charge is 0.270 e. The molecule has 0 unspecified atom stereocenters. The zero-order valence-electron chi connectivity index (χ0n) is 17.7. The van der Waals surface area contributed by atoms with E-state index < -0.39 is 5.91 Å². The van der Waals surface area contributed by atoms with Gasteiger partial charge in [-0.05, 0) is 44.2 Å². The third-order valence-corrected chi connectivity index (χ3v) is 5.32. The van der Waals surface area contributed by atoms with E-state index in [0.717, 1.165) is 17.0 Å². The summed E-state index contributed by atoms with van der Waals surface area (Å²) in [7, 11) is 0. The van der Waals surface area contributed by atoms with E-state index in [1.165, 1.54) is 0 Å². The number of nitrogens with zero attached hydrogens (tertiary/aromatic N) is 3. The lowest BCUT2D eigenvalue weighted by molar-refractivity contribution is -0.122. The molecule has 7 nitrogen and oxygen atoms in total. The summed E-state index contributed by atoms with van der Waals surface area (Å²) in [6, 6.07) is 18.3. The standard InChI is InChI=1S/C24H22ClN5O2/c1-15-13-16(2)30(29-15)12-11-23(31)27-28-24(32)20-14-22(17-7-9-18(25)10-8-17)26-21-6-4-3-5-19(20)21/h3-10,13-14H,11-12H2,1-2H3,(H,27,31)(H,28,32). The second-order valence-corrected chi connectivity index (χ2v) is 7.92. The number of amides is 2. The number of hydrogen-bond acceptors (Lipinski definition) is 4. The summed E-state index contributed by atoms with van der Waals surface area (Å²) in [6.45, 7) is 4.27. The first-order valence-corrected chi connectivity index (χ1v) is 10.5. The van der Waals surface area contributed by atoms with Crippen molar-refractivity contribution in [2.75, 3.05) is 0 Å². The molecule has 0 bridgehead atoms. The van der Waals surface area contributed by atoms with Crippen LogP contribution in [0, 0.1) is 13.8 Å². The van der Waals surface area contributed by atoms with Crippen LogP contribution in [0.2, 0.25) is 5.02 Å². The molecule has 32 heavy (non-hydrogen) atoms. The molecule has 0 aliphatic rings. The van der Waals surface area contributed by atoms with Crippen LogP contribution in [-0.4, -0.2) is 26.6 Å². The molecule has 0 spiro atoms. The molecule has 2 amide bonds. The molecule has 8 heteroatoms. The number of halogens is 1.